The van der Waals surface area contributed by atoms with Gasteiger partial charge in [0.15, 0.2) is 0 Å². The molecule has 3 aromatic rings. The molecule has 0 bridgehead atoms. The molecule has 0 aliphatic rings. The second kappa shape index (κ2) is 3.88. The standard InChI is InChI=1S/C15H12O3/c1-9-13(17-2)8-7-11-10-5-3-4-6-12(10)15(16)18-14(9)11/h3-8H,1-2H3. The number of rotatable bonds is 1. The van der Waals surface area contributed by atoms with Crippen LogP contribution < -0.4 is 10.4 Å². The van der Waals surface area contributed by atoms with Gasteiger partial charge in [-0.05, 0) is 30.5 Å². The zero-order valence-electron chi connectivity index (χ0n) is 10.2. The van der Waals surface area contributed by atoms with Crippen LogP contribution in [0.15, 0.2) is 45.6 Å². The summed E-state index contributed by atoms with van der Waals surface area (Å²) in [4.78, 5) is 11.9. The molecule has 0 saturated carbocycles. The van der Waals surface area contributed by atoms with Gasteiger partial charge in [0.2, 0.25) is 0 Å². The number of fused-ring (bicyclic) bond motifs is 3. The van der Waals surface area contributed by atoms with E-state index in [9.17, 15) is 4.79 Å². The average molecular weight is 240 g/mol. The van der Waals surface area contributed by atoms with Crippen molar-refractivity contribution in [3.05, 3.63) is 52.4 Å². The van der Waals surface area contributed by atoms with Crippen molar-refractivity contribution in [2.75, 3.05) is 7.11 Å². The summed E-state index contributed by atoms with van der Waals surface area (Å²) >= 11 is 0. The van der Waals surface area contributed by atoms with Gasteiger partial charge in [-0.25, -0.2) is 4.79 Å². The van der Waals surface area contributed by atoms with Gasteiger partial charge in [0.1, 0.15) is 11.3 Å². The fourth-order valence-electron chi connectivity index (χ4n) is 2.28. The molecule has 0 saturated heterocycles. The minimum absolute atomic E-state index is 0.311. The maximum atomic E-state index is 11.9. The second-order valence-corrected chi connectivity index (χ2v) is 4.20. The number of hydrogen-bond donors (Lipinski definition) is 0. The largest absolute Gasteiger partial charge is 0.496 e. The Labute approximate surface area is 104 Å². The van der Waals surface area contributed by atoms with Gasteiger partial charge in [0.25, 0.3) is 0 Å². The summed E-state index contributed by atoms with van der Waals surface area (Å²) in [5, 5.41) is 2.45. The van der Waals surface area contributed by atoms with Gasteiger partial charge in [-0.2, -0.15) is 0 Å². The Morgan fingerprint density at radius 2 is 1.72 bits per heavy atom. The average Bonchev–Trinajstić information content (AvgIpc) is 2.41. The zero-order chi connectivity index (χ0) is 12.7. The lowest BCUT2D eigenvalue weighted by atomic mass is 10.0. The van der Waals surface area contributed by atoms with Crippen molar-refractivity contribution in [2.24, 2.45) is 0 Å². The number of benzene rings is 2. The molecule has 3 rings (SSSR count). The van der Waals surface area contributed by atoms with Crippen molar-refractivity contribution in [3.8, 4) is 5.75 Å². The first-order valence-corrected chi connectivity index (χ1v) is 5.71. The lowest BCUT2D eigenvalue weighted by molar-refractivity contribution is 0.411. The van der Waals surface area contributed by atoms with Crippen molar-refractivity contribution >= 4 is 21.7 Å². The maximum absolute atomic E-state index is 11.9. The van der Waals surface area contributed by atoms with Crippen LogP contribution in [0.5, 0.6) is 5.75 Å². The number of methoxy groups -OCH3 is 1. The van der Waals surface area contributed by atoms with Crippen molar-refractivity contribution in [3.63, 3.8) is 0 Å². The topological polar surface area (TPSA) is 39.4 Å². The molecule has 0 atom stereocenters. The molecule has 0 fully saturated rings. The van der Waals surface area contributed by atoms with Crippen LogP contribution in [0.25, 0.3) is 21.7 Å². The van der Waals surface area contributed by atoms with Crippen LogP contribution in [0.4, 0.5) is 0 Å². The van der Waals surface area contributed by atoms with Gasteiger partial charge < -0.3 is 9.15 Å². The summed E-state index contributed by atoms with van der Waals surface area (Å²) in [5.41, 5.74) is 1.13. The summed E-state index contributed by atoms with van der Waals surface area (Å²) in [6.45, 7) is 1.89. The molecule has 2 aromatic carbocycles. The predicted octanol–water partition coefficient (Wildman–Crippen LogP) is 3.26. The Balaban J connectivity index is 2.58. The van der Waals surface area contributed by atoms with Crippen molar-refractivity contribution < 1.29 is 9.15 Å². The SMILES string of the molecule is COc1ccc2c(oc(=O)c3ccccc32)c1C. The Hall–Kier alpha value is -2.29. The summed E-state index contributed by atoms with van der Waals surface area (Å²) < 4.78 is 10.7. The van der Waals surface area contributed by atoms with Gasteiger partial charge >= 0.3 is 5.63 Å². The Bertz CT molecular complexity index is 800. The van der Waals surface area contributed by atoms with E-state index in [0.717, 1.165) is 22.1 Å². The molecule has 3 nitrogen and oxygen atoms in total. The van der Waals surface area contributed by atoms with Crippen LogP contribution in [0.3, 0.4) is 0 Å². The highest BCUT2D eigenvalue weighted by Gasteiger charge is 2.11. The summed E-state index contributed by atoms with van der Waals surface area (Å²) in [6, 6.07) is 11.3. The van der Waals surface area contributed by atoms with Crippen LogP contribution in [0, 0.1) is 6.92 Å². The fraction of sp³-hybridized carbons (Fsp3) is 0.133. The molecule has 0 spiro atoms. The molecule has 1 aromatic heterocycles. The Morgan fingerprint density at radius 3 is 2.44 bits per heavy atom. The minimum atomic E-state index is -0.311. The molecular weight excluding hydrogens is 228 g/mol. The van der Waals surface area contributed by atoms with E-state index in [0.29, 0.717) is 11.0 Å². The normalized spacial score (nSPS) is 11.0. The number of ether oxygens (including phenoxy) is 1. The molecular formula is C15H12O3. The highest BCUT2D eigenvalue weighted by atomic mass is 16.5. The molecule has 18 heavy (non-hydrogen) atoms. The Kier molecular flexibility index (Phi) is 2.33. The monoisotopic (exact) mass is 240 g/mol. The summed E-state index contributed by atoms with van der Waals surface area (Å²) in [5.74, 6) is 0.723. The predicted molar refractivity (Wildman–Crippen MR) is 71.3 cm³/mol. The summed E-state index contributed by atoms with van der Waals surface area (Å²) in [7, 11) is 1.60. The van der Waals surface area contributed by atoms with E-state index in [1.807, 2.05) is 37.3 Å². The smallest absolute Gasteiger partial charge is 0.344 e. The second-order valence-electron chi connectivity index (χ2n) is 4.20. The lowest BCUT2D eigenvalue weighted by Gasteiger charge is -2.08. The molecule has 0 amide bonds. The van der Waals surface area contributed by atoms with Gasteiger partial charge in [-0.3, -0.25) is 0 Å². The first-order valence-electron chi connectivity index (χ1n) is 5.71. The molecule has 1 heterocycles. The van der Waals surface area contributed by atoms with E-state index in [4.69, 9.17) is 9.15 Å². The van der Waals surface area contributed by atoms with Crippen molar-refractivity contribution in [1.82, 2.24) is 0 Å². The molecule has 3 heteroatoms. The van der Waals surface area contributed by atoms with Gasteiger partial charge in [0.05, 0.1) is 12.5 Å². The number of aryl methyl sites for hydroxylation is 1. The van der Waals surface area contributed by atoms with E-state index in [2.05, 4.69) is 0 Å². The zero-order valence-corrected chi connectivity index (χ0v) is 10.2. The summed E-state index contributed by atoms with van der Waals surface area (Å²) in [6.07, 6.45) is 0. The third-order valence-electron chi connectivity index (χ3n) is 3.21. The third-order valence-corrected chi connectivity index (χ3v) is 3.21. The van der Waals surface area contributed by atoms with E-state index >= 15 is 0 Å². The first-order chi connectivity index (χ1) is 8.72. The van der Waals surface area contributed by atoms with Crippen molar-refractivity contribution in [2.45, 2.75) is 6.92 Å². The molecule has 0 N–H and O–H groups in total. The number of hydrogen-bond acceptors (Lipinski definition) is 3. The van der Waals surface area contributed by atoms with Gasteiger partial charge in [-0.1, -0.05) is 18.2 Å². The quantitative estimate of drug-likeness (QED) is 0.484. The lowest BCUT2D eigenvalue weighted by Crippen LogP contribution is -2.01. The third kappa shape index (κ3) is 1.40. The highest BCUT2D eigenvalue weighted by Crippen LogP contribution is 2.30. The highest BCUT2D eigenvalue weighted by molar-refractivity contribution is 6.05. The van der Waals surface area contributed by atoms with Crippen LogP contribution in [-0.4, -0.2) is 7.11 Å². The minimum Gasteiger partial charge on any atom is -0.496 e. The molecule has 0 aliphatic carbocycles. The first kappa shape index (κ1) is 10.8. The molecule has 90 valence electrons. The van der Waals surface area contributed by atoms with Crippen LogP contribution in [0.1, 0.15) is 5.56 Å². The molecule has 0 unspecified atom stereocenters. The van der Waals surface area contributed by atoms with E-state index in [1.54, 1.807) is 13.2 Å². The van der Waals surface area contributed by atoms with E-state index in [1.165, 1.54) is 0 Å². The van der Waals surface area contributed by atoms with E-state index in [-0.39, 0.29) is 5.63 Å². The van der Waals surface area contributed by atoms with Gasteiger partial charge in [-0.15, -0.1) is 0 Å². The Morgan fingerprint density at radius 1 is 1.00 bits per heavy atom. The molecule has 0 radical (unpaired) electrons. The van der Waals surface area contributed by atoms with Crippen LogP contribution in [0.2, 0.25) is 0 Å². The van der Waals surface area contributed by atoms with Crippen molar-refractivity contribution in [1.29, 1.82) is 0 Å². The fourth-order valence-corrected chi connectivity index (χ4v) is 2.28. The molecule has 0 aliphatic heterocycles. The van der Waals surface area contributed by atoms with Gasteiger partial charge in [0, 0.05) is 10.9 Å². The van der Waals surface area contributed by atoms with Crippen LogP contribution in [-0.2, 0) is 0 Å². The van der Waals surface area contributed by atoms with Crippen LogP contribution >= 0.6 is 0 Å². The van der Waals surface area contributed by atoms with E-state index < -0.39 is 0 Å². The maximum Gasteiger partial charge on any atom is 0.344 e.